The van der Waals surface area contributed by atoms with Crippen LogP contribution in [0.2, 0.25) is 0 Å². The van der Waals surface area contributed by atoms with Crippen LogP contribution in [0.1, 0.15) is 69.4 Å². The first-order valence-electron chi connectivity index (χ1n) is 9.73. The Morgan fingerprint density at radius 3 is 2.42 bits per heavy atom. The van der Waals surface area contributed by atoms with E-state index in [1.54, 1.807) is 6.07 Å². The lowest BCUT2D eigenvalue weighted by molar-refractivity contribution is 0.168. The Labute approximate surface area is 144 Å². The maximum absolute atomic E-state index is 14.4. The number of hydrogen-bond donors (Lipinski definition) is 0. The summed E-state index contributed by atoms with van der Waals surface area (Å²) >= 11 is 0. The first-order chi connectivity index (χ1) is 11.7. The number of aryl methyl sites for hydroxylation is 2. The molecule has 1 aromatic rings. The summed E-state index contributed by atoms with van der Waals surface area (Å²) in [5, 5.41) is 0. The van der Waals surface area contributed by atoms with Crippen molar-refractivity contribution in [1.29, 1.82) is 0 Å². The van der Waals surface area contributed by atoms with Gasteiger partial charge in [0.25, 0.3) is 0 Å². The van der Waals surface area contributed by atoms with Gasteiger partial charge >= 0.3 is 0 Å². The number of rotatable bonds is 6. The third-order valence-corrected chi connectivity index (χ3v) is 6.02. The van der Waals surface area contributed by atoms with E-state index in [-0.39, 0.29) is 18.6 Å². The first-order valence-corrected chi connectivity index (χ1v) is 9.73. The fraction of sp³-hybridized carbons (Fsp3) is 0.714. The predicted molar refractivity (Wildman–Crippen MR) is 93.8 cm³/mol. The van der Waals surface area contributed by atoms with Crippen molar-refractivity contribution in [1.82, 2.24) is 0 Å². The third kappa shape index (κ3) is 4.29. The van der Waals surface area contributed by atoms with Crippen molar-refractivity contribution in [3.05, 3.63) is 29.1 Å². The quantitative estimate of drug-likeness (QED) is 0.616. The van der Waals surface area contributed by atoms with E-state index in [2.05, 4.69) is 6.92 Å². The molecule has 0 aromatic heterocycles. The summed E-state index contributed by atoms with van der Waals surface area (Å²) in [5.74, 6) is 1.89. The van der Waals surface area contributed by atoms with Crippen LogP contribution in [0.3, 0.4) is 0 Å². The molecule has 0 N–H and O–H groups in total. The van der Waals surface area contributed by atoms with Crippen molar-refractivity contribution in [2.75, 3.05) is 6.67 Å². The van der Waals surface area contributed by atoms with Crippen LogP contribution >= 0.6 is 0 Å². The van der Waals surface area contributed by atoms with E-state index in [1.165, 1.54) is 18.4 Å². The van der Waals surface area contributed by atoms with Crippen LogP contribution in [0.5, 0.6) is 5.75 Å². The zero-order valence-electron chi connectivity index (χ0n) is 14.8. The number of ether oxygens (including phenoxy) is 1. The fourth-order valence-corrected chi connectivity index (χ4v) is 4.31. The van der Waals surface area contributed by atoms with Crippen molar-refractivity contribution >= 4 is 0 Å². The minimum Gasteiger partial charge on any atom is -0.490 e. The van der Waals surface area contributed by atoms with Crippen LogP contribution in [0.15, 0.2) is 12.1 Å². The third-order valence-electron chi connectivity index (χ3n) is 6.02. The van der Waals surface area contributed by atoms with Crippen LogP contribution in [0.25, 0.3) is 0 Å². The molecule has 134 valence electrons. The van der Waals surface area contributed by atoms with E-state index in [0.29, 0.717) is 11.8 Å². The lowest BCUT2D eigenvalue weighted by Gasteiger charge is -2.28. The summed E-state index contributed by atoms with van der Waals surface area (Å²) in [5.41, 5.74) is 2.01. The highest BCUT2D eigenvalue weighted by Crippen LogP contribution is 2.35. The Morgan fingerprint density at radius 1 is 1.04 bits per heavy atom. The lowest BCUT2D eigenvalue weighted by Crippen LogP contribution is -2.22. The molecule has 0 spiro atoms. The Bertz CT molecular complexity index is 535. The molecule has 0 bridgehead atoms. The van der Waals surface area contributed by atoms with Gasteiger partial charge in [-0.15, -0.1) is 0 Å². The molecule has 1 unspecified atom stereocenters. The second kappa shape index (κ2) is 8.31. The number of halogens is 2. The zero-order chi connectivity index (χ0) is 16.9. The predicted octanol–water partition coefficient (Wildman–Crippen LogP) is 6.03. The molecule has 0 radical (unpaired) electrons. The molecule has 1 atom stereocenters. The molecular weight excluding hydrogens is 306 g/mol. The molecule has 24 heavy (non-hydrogen) atoms. The smallest absolute Gasteiger partial charge is 0.130 e. The summed E-state index contributed by atoms with van der Waals surface area (Å²) in [6.45, 7) is 1.93. The van der Waals surface area contributed by atoms with Crippen LogP contribution < -0.4 is 4.74 Å². The maximum Gasteiger partial charge on any atom is 0.130 e. The van der Waals surface area contributed by atoms with E-state index >= 15 is 0 Å². The van der Waals surface area contributed by atoms with Gasteiger partial charge in [0.15, 0.2) is 0 Å². The molecule has 1 nitrogen and oxygen atoms in total. The molecule has 0 saturated heterocycles. The summed E-state index contributed by atoms with van der Waals surface area (Å²) in [7, 11) is 0. The summed E-state index contributed by atoms with van der Waals surface area (Å²) in [6.07, 6.45) is 10.5. The Kier molecular flexibility index (Phi) is 6.13. The van der Waals surface area contributed by atoms with Gasteiger partial charge in [0, 0.05) is 6.07 Å². The molecule has 1 saturated carbocycles. The summed E-state index contributed by atoms with van der Waals surface area (Å²) < 4.78 is 32.7. The standard InChI is InChI=1S/C21H30F2O/c1-2-19-10-9-18-13-17(20(23)14-21(18)24-19)8-7-15-3-5-16(6-4-15)11-12-22/h13-16,19H,2-12H2,1H3. The average Bonchev–Trinajstić information content (AvgIpc) is 2.61. The maximum atomic E-state index is 14.4. The van der Waals surface area contributed by atoms with Gasteiger partial charge in [-0.2, -0.15) is 0 Å². The molecule has 1 aliphatic carbocycles. The number of alkyl halides is 1. The second-order valence-corrected chi connectivity index (χ2v) is 7.64. The van der Waals surface area contributed by atoms with Gasteiger partial charge in [-0.3, -0.25) is 4.39 Å². The monoisotopic (exact) mass is 336 g/mol. The molecule has 1 fully saturated rings. The average molecular weight is 336 g/mol. The molecule has 3 rings (SSSR count). The van der Waals surface area contributed by atoms with E-state index < -0.39 is 0 Å². The normalized spacial score (nSPS) is 26.7. The van der Waals surface area contributed by atoms with Gasteiger partial charge < -0.3 is 4.74 Å². The lowest BCUT2D eigenvalue weighted by atomic mass is 9.78. The molecule has 1 aliphatic heterocycles. The highest BCUT2D eigenvalue weighted by atomic mass is 19.1. The van der Waals surface area contributed by atoms with Gasteiger partial charge in [-0.25, -0.2) is 4.39 Å². The van der Waals surface area contributed by atoms with Crippen molar-refractivity contribution in [2.45, 2.75) is 77.2 Å². The van der Waals surface area contributed by atoms with Gasteiger partial charge in [0.2, 0.25) is 0 Å². The molecular formula is C21H30F2O. The second-order valence-electron chi connectivity index (χ2n) is 7.64. The number of benzene rings is 1. The molecule has 2 aliphatic rings. The van der Waals surface area contributed by atoms with E-state index in [9.17, 15) is 8.78 Å². The first kappa shape index (κ1) is 17.7. The van der Waals surface area contributed by atoms with Gasteiger partial charge in [-0.1, -0.05) is 32.6 Å². The molecule has 3 heteroatoms. The zero-order valence-corrected chi connectivity index (χ0v) is 14.8. The Morgan fingerprint density at radius 2 is 1.75 bits per heavy atom. The van der Waals surface area contributed by atoms with Gasteiger partial charge in [0.1, 0.15) is 11.6 Å². The van der Waals surface area contributed by atoms with E-state index in [1.807, 2.05) is 6.07 Å². The highest BCUT2D eigenvalue weighted by Gasteiger charge is 2.23. The van der Waals surface area contributed by atoms with E-state index in [0.717, 1.165) is 62.7 Å². The topological polar surface area (TPSA) is 9.23 Å². The summed E-state index contributed by atoms with van der Waals surface area (Å²) in [4.78, 5) is 0. The SMILES string of the molecule is CCC1CCc2cc(CCC3CCC(CCF)CC3)c(F)cc2O1. The Hall–Kier alpha value is -1.12. The van der Waals surface area contributed by atoms with Crippen LogP contribution in [-0.2, 0) is 12.8 Å². The van der Waals surface area contributed by atoms with Crippen molar-refractivity contribution in [2.24, 2.45) is 11.8 Å². The largest absolute Gasteiger partial charge is 0.490 e. The number of fused-ring (bicyclic) bond motifs is 1. The molecule has 1 heterocycles. The number of hydrogen-bond acceptors (Lipinski definition) is 1. The van der Waals surface area contributed by atoms with E-state index in [4.69, 9.17) is 4.74 Å². The summed E-state index contributed by atoms with van der Waals surface area (Å²) in [6, 6.07) is 3.63. The van der Waals surface area contributed by atoms with Crippen molar-refractivity contribution < 1.29 is 13.5 Å². The minimum absolute atomic E-state index is 0.114. The van der Waals surface area contributed by atoms with Crippen LogP contribution in [0.4, 0.5) is 8.78 Å². The minimum atomic E-state index is -0.184. The van der Waals surface area contributed by atoms with Gasteiger partial charge in [0.05, 0.1) is 12.8 Å². The highest BCUT2D eigenvalue weighted by molar-refractivity contribution is 5.40. The van der Waals surface area contributed by atoms with Crippen molar-refractivity contribution in [3.63, 3.8) is 0 Å². The molecule has 0 amide bonds. The van der Waals surface area contributed by atoms with Crippen molar-refractivity contribution in [3.8, 4) is 5.75 Å². The fourth-order valence-electron chi connectivity index (χ4n) is 4.31. The van der Waals surface area contributed by atoms with Crippen LogP contribution in [-0.4, -0.2) is 12.8 Å². The Balaban J connectivity index is 1.55. The van der Waals surface area contributed by atoms with Gasteiger partial charge in [-0.05, 0) is 67.6 Å². The molecule has 1 aromatic carbocycles. The van der Waals surface area contributed by atoms with Crippen LogP contribution in [0, 0.1) is 17.7 Å².